The number of aromatic nitrogens is 1. The van der Waals surface area contributed by atoms with Gasteiger partial charge in [0.25, 0.3) is 17.4 Å². The van der Waals surface area contributed by atoms with Gasteiger partial charge in [0.05, 0.1) is 29.0 Å². The predicted octanol–water partition coefficient (Wildman–Crippen LogP) is 0.814. The number of nitrogens with zero attached hydrogens (tertiary/aromatic N) is 1. The molecule has 0 atom stereocenters. The highest BCUT2D eigenvalue weighted by Gasteiger charge is 2.36. The number of nitrogen functional groups attached to an aromatic ring is 1. The Hall–Kier alpha value is -3.14. The molecular weight excluding hydrogens is 343 g/mol. The van der Waals surface area contributed by atoms with Gasteiger partial charge in [0, 0.05) is 11.6 Å². The van der Waals surface area contributed by atoms with Gasteiger partial charge in [0.2, 0.25) is 0 Å². The lowest BCUT2D eigenvalue weighted by Crippen LogP contribution is -2.26. The van der Waals surface area contributed by atoms with E-state index in [1.807, 2.05) is 5.32 Å². The molecule has 0 radical (unpaired) electrons. The molecule has 2 amide bonds. The van der Waals surface area contributed by atoms with E-state index in [0.717, 1.165) is 24.3 Å². The first-order valence-electron chi connectivity index (χ1n) is 6.88. The van der Waals surface area contributed by atoms with Gasteiger partial charge in [-0.2, -0.15) is 13.2 Å². The Morgan fingerprint density at radius 3 is 2.44 bits per heavy atom. The lowest BCUT2D eigenvalue weighted by molar-refractivity contribution is -0.138. The predicted molar refractivity (Wildman–Crippen MR) is 79.2 cm³/mol. The molecule has 130 valence electrons. The van der Waals surface area contributed by atoms with Crippen LogP contribution in [0.25, 0.3) is 5.69 Å². The molecule has 1 aromatic heterocycles. The molecule has 1 aliphatic rings. The smallest absolute Gasteiger partial charge is 0.392 e. The largest absolute Gasteiger partial charge is 0.416 e. The standard InChI is InChI=1S/C15H10F3N3O4/c16-15(17,18)8-2-1-3-9(7(8)5-22)21-10(23)4-6-11(12(21)19)14(25)20-13(6)24/h1-4,22H,5,19H2,(H,20,24,25). The van der Waals surface area contributed by atoms with E-state index in [9.17, 15) is 32.7 Å². The van der Waals surface area contributed by atoms with Gasteiger partial charge in [-0.05, 0) is 12.1 Å². The maximum absolute atomic E-state index is 13.1. The summed E-state index contributed by atoms with van der Waals surface area (Å²) in [5.41, 5.74) is 2.29. The highest BCUT2D eigenvalue weighted by atomic mass is 19.4. The zero-order valence-electron chi connectivity index (χ0n) is 12.3. The third-order valence-electron chi connectivity index (χ3n) is 3.81. The number of aliphatic hydroxyl groups excluding tert-OH is 1. The number of imide groups is 1. The summed E-state index contributed by atoms with van der Waals surface area (Å²) in [6.45, 7) is -1.01. The molecule has 0 unspecified atom stereocenters. The fraction of sp³-hybridized carbons (Fsp3) is 0.133. The van der Waals surface area contributed by atoms with Crippen LogP contribution >= 0.6 is 0 Å². The van der Waals surface area contributed by atoms with Gasteiger partial charge in [-0.1, -0.05) is 6.07 Å². The molecule has 0 saturated heterocycles. The Labute approximate surface area is 137 Å². The fourth-order valence-electron chi connectivity index (χ4n) is 2.74. The summed E-state index contributed by atoms with van der Waals surface area (Å²) in [5, 5.41) is 11.4. The number of carbonyl (C=O) groups excluding carboxylic acids is 2. The molecule has 7 nitrogen and oxygen atoms in total. The van der Waals surface area contributed by atoms with Crippen LogP contribution in [0, 0.1) is 0 Å². The van der Waals surface area contributed by atoms with E-state index in [4.69, 9.17) is 5.73 Å². The van der Waals surface area contributed by atoms with Crippen molar-refractivity contribution in [2.75, 3.05) is 5.73 Å². The van der Waals surface area contributed by atoms with E-state index in [-0.39, 0.29) is 16.8 Å². The van der Waals surface area contributed by atoms with E-state index in [0.29, 0.717) is 4.57 Å². The van der Waals surface area contributed by atoms with Crippen LogP contribution in [-0.2, 0) is 12.8 Å². The number of hydrogen-bond donors (Lipinski definition) is 3. The fourth-order valence-corrected chi connectivity index (χ4v) is 2.74. The number of anilines is 1. The van der Waals surface area contributed by atoms with Crippen molar-refractivity contribution in [1.29, 1.82) is 0 Å². The minimum absolute atomic E-state index is 0.249. The number of nitrogens with one attached hydrogen (secondary N) is 1. The number of fused-ring (bicyclic) bond motifs is 1. The van der Waals surface area contributed by atoms with E-state index in [1.165, 1.54) is 0 Å². The minimum atomic E-state index is -4.77. The average Bonchev–Trinajstić information content (AvgIpc) is 2.80. The molecule has 0 fully saturated rings. The number of benzene rings is 1. The minimum Gasteiger partial charge on any atom is -0.392 e. The zero-order valence-corrected chi connectivity index (χ0v) is 12.3. The van der Waals surface area contributed by atoms with E-state index >= 15 is 0 Å². The third-order valence-corrected chi connectivity index (χ3v) is 3.81. The Morgan fingerprint density at radius 1 is 1.16 bits per heavy atom. The quantitative estimate of drug-likeness (QED) is 0.692. The van der Waals surface area contributed by atoms with Crippen LogP contribution in [0.5, 0.6) is 0 Å². The van der Waals surface area contributed by atoms with Gasteiger partial charge in [-0.15, -0.1) is 0 Å². The summed E-state index contributed by atoms with van der Waals surface area (Å²) >= 11 is 0. The van der Waals surface area contributed by atoms with Crippen LogP contribution in [0.3, 0.4) is 0 Å². The Kier molecular flexibility index (Phi) is 3.64. The van der Waals surface area contributed by atoms with Gasteiger partial charge < -0.3 is 10.8 Å². The van der Waals surface area contributed by atoms with Crippen molar-refractivity contribution < 1.29 is 27.9 Å². The highest BCUT2D eigenvalue weighted by Crippen LogP contribution is 2.35. The molecule has 25 heavy (non-hydrogen) atoms. The van der Waals surface area contributed by atoms with E-state index in [2.05, 4.69) is 0 Å². The molecular formula is C15H10F3N3O4. The lowest BCUT2D eigenvalue weighted by atomic mass is 10.0. The topological polar surface area (TPSA) is 114 Å². The number of pyridine rings is 1. The van der Waals surface area contributed by atoms with Crippen molar-refractivity contribution in [1.82, 2.24) is 9.88 Å². The molecule has 0 aliphatic carbocycles. The molecule has 3 rings (SSSR count). The van der Waals surface area contributed by atoms with E-state index < -0.39 is 47.1 Å². The summed E-state index contributed by atoms with van der Waals surface area (Å²) in [5.74, 6) is -2.16. The molecule has 1 aromatic carbocycles. The van der Waals surface area contributed by atoms with Gasteiger partial charge >= 0.3 is 6.18 Å². The molecule has 2 aromatic rings. The molecule has 0 bridgehead atoms. The molecule has 0 saturated carbocycles. The molecule has 1 aliphatic heterocycles. The summed E-state index contributed by atoms with van der Waals surface area (Å²) in [4.78, 5) is 35.7. The van der Waals surface area contributed by atoms with Gasteiger partial charge in [-0.25, -0.2) is 0 Å². The van der Waals surface area contributed by atoms with Crippen molar-refractivity contribution in [3.63, 3.8) is 0 Å². The first kappa shape index (κ1) is 16.7. The number of nitrogens with two attached hydrogens (primary N) is 1. The van der Waals surface area contributed by atoms with Gasteiger partial charge in [0.15, 0.2) is 0 Å². The number of carbonyl (C=O) groups is 2. The molecule has 0 spiro atoms. The van der Waals surface area contributed by atoms with E-state index in [1.54, 1.807) is 0 Å². The Balaban J connectivity index is 2.37. The molecule has 10 heteroatoms. The number of rotatable bonds is 2. The second kappa shape index (κ2) is 5.45. The van der Waals surface area contributed by atoms with Crippen LogP contribution in [0.4, 0.5) is 19.0 Å². The van der Waals surface area contributed by atoms with Crippen molar-refractivity contribution in [3.05, 3.63) is 56.9 Å². The summed E-state index contributed by atoms with van der Waals surface area (Å²) in [6.07, 6.45) is -4.77. The molecule has 4 N–H and O–H groups in total. The van der Waals surface area contributed by atoms with Crippen molar-refractivity contribution >= 4 is 17.6 Å². The van der Waals surface area contributed by atoms with Gasteiger partial charge in [-0.3, -0.25) is 24.3 Å². The Bertz CT molecular complexity index is 979. The monoisotopic (exact) mass is 353 g/mol. The number of alkyl halides is 3. The normalized spacial score (nSPS) is 13.8. The first-order valence-corrected chi connectivity index (χ1v) is 6.88. The van der Waals surface area contributed by atoms with Crippen LogP contribution in [0.1, 0.15) is 31.8 Å². The first-order chi connectivity index (χ1) is 11.7. The van der Waals surface area contributed by atoms with Crippen LogP contribution in [0.2, 0.25) is 0 Å². The van der Waals surface area contributed by atoms with Crippen molar-refractivity contribution in [2.24, 2.45) is 0 Å². The van der Waals surface area contributed by atoms with Crippen LogP contribution < -0.4 is 16.6 Å². The van der Waals surface area contributed by atoms with Crippen LogP contribution in [0.15, 0.2) is 29.1 Å². The van der Waals surface area contributed by atoms with Gasteiger partial charge in [0.1, 0.15) is 5.82 Å². The summed E-state index contributed by atoms with van der Waals surface area (Å²) in [7, 11) is 0. The van der Waals surface area contributed by atoms with Crippen molar-refractivity contribution in [2.45, 2.75) is 12.8 Å². The maximum Gasteiger partial charge on any atom is 0.416 e. The maximum atomic E-state index is 13.1. The zero-order chi connectivity index (χ0) is 18.5. The summed E-state index contributed by atoms with van der Waals surface area (Å²) in [6, 6.07) is 3.76. The third kappa shape index (κ3) is 2.47. The lowest BCUT2D eigenvalue weighted by Gasteiger charge is -2.18. The average molecular weight is 353 g/mol. The SMILES string of the molecule is Nc1c2c(cc(=O)n1-c1cccc(C(F)(F)F)c1CO)C(=O)NC2=O. The second-order valence-electron chi connectivity index (χ2n) is 5.23. The number of hydrogen-bond acceptors (Lipinski definition) is 5. The molecule has 2 heterocycles. The summed E-state index contributed by atoms with van der Waals surface area (Å²) < 4.78 is 40.0. The number of aliphatic hydroxyl groups is 1. The second-order valence-corrected chi connectivity index (χ2v) is 5.23. The Morgan fingerprint density at radius 2 is 1.84 bits per heavy atom. The van der Waals surface area contributed by atoms with Crippen molar-refractivity contribution in [3.8, 4) is 5.69 Å². The van der Waals surface area contributed by atoms with Crippen LogP contribution in [-0.4, -0.2) is 21.5 Å². The highest BCUT2D eigenvalue weighted by molar-refractivity contribution is 6.23. The number of amides is 2. The number of halogens is 3.